The van der Waals surface area contributed by atoms with Crippen LogP contribution in [0.4, 0.5) is 17.1 Å². The van der Waals surface area contributed by atoms with Crippen LogP contribution in [0.25, 0.3) is 98.8 Å². The molecular weight excluding hydrogens is 719 g/mol. The molecule has 276 valence electrons. The molecule has 12 aromatic rings. The fraction of sp³-hybridized carbons (Fsp3) is 0. The van der Waals surface area contributed by atoms with E-state index in [2.05, 4.69) is 199 Å². The number of anilines is 3. The largest absolute Gasteiger partial charge is 0.456 e. The van der Waals surface area contributed by atoms with E-state index in [1.54, 1.807) is 0 Å². The van der Waals surface area contributed by atoms with Gasteiger partial charge >= 0.3 is 0 Å². The first-order valence-electron chi connectivity index (χ1n) is 20.1. The van der Waals surface area contributed by atoms with E-state index in [0.29, 0.717) is 0 Å². The summed E-state index contributed by atoms with van der Waals surface area (Å²) in [5, 5.41) is 9.32. The van der Waals surface area contributed by atoms with Crippen molar-refractivity contribution >= 4 is 82.5 Å². The van der Waals surface area contributed by atoms with Gasteiger partial charge in [-0.25, -0.2) is 0 Å². The maximum absolute atomic E-state index is 6.54. The van der Waals surface area contributed by atoms with Crippen molar-refractivity contribution in [2.75, 3.05) is 4.90 Å². The zero-order valence-corrected chi connectivity index (χ0v) is 32.0. The minimum absolute atomic E-state index is 0.847. The predicted molar refractivity (Wildman–Crippen MR) is 247 cm³/mol. The fourth-order valence-corrected chi connectivity index (χ4v) is 9.12. The van der Waals surface area contributed by atoms with Gasteiger partial charge < -0.3 is 13.7 Å². The molecule has 0 fully saturated rings. The van der Waals surface area contributed by atoms with Gasteiger partial charge in [-0.1, -0.05) is 152 Å². The predicted octanol–water partition coefficient (Wildman–Crippen LogP) is 16.3. The number of rotatable bonds is 6. The Balaban J connectivity index is 1.15. The minimum atomic E-state index is 0.847. The summed E-state index contributed by atoms with van der Waals surface area (Å²) in [4.78, 5) is 2.44. The van der Waals surface area contributed by atoms with Gasteiger partial charge in [-0.05, 0) is 110 Å². The monoisotopic (exact) mass is 753 g/mol. The van der Waals surface area contributed by atoms with Crippen LogP contribution in [0.3, 0.4) is 0 Å². The lowest BCUT2D eigenvalue weighted by Crippen LogP contribution is -2.12. The third-order valence-corrected chi connectivity index (χ3v) is 11.8. The fourth-order valence-electron chi connectivity index (χ4n) is 9.12. The normalized spacial score (nSPS) is 11.7. The molecule has 0 saturated heterocycles. The molecular formula is C56H35NO2. The van der Waals surface area contributed by atoms with Crippen molar-refractivity contribution < 1.29 is 8.83 Å². The second-order valence-corrected chi connectivity index (χ2v) is 15.2. The van der Waals surface area contributed by atoms with Crippen molar-refractivity contribution in [3.05, 3.63) is 212 Å². The van der Waals surface area contributed by atoms with E-state index >= 15 is 0 Å². The molecule has 0 spiro atoms. The molecule has 59 heavy (non-hydrogen) atoms. The van der Waals surface area contributed by atoms with Gasteiger partial charge in [0.05, 0.1) is 16.8 Å². The summed E-state index contributed by atoms with van der Waals surface area (Å²) in [7, 11) is 0. The van der Waals surface area contributed by atoms with Gasteiger partial charge in [0.2, 0.25) is 0 Å². The van der Waals surface area contributed by atoms with Crippen molar-refractivity contribution in [3.63, 3.8) is 0 Å². The molecule has 0 aliphatic heterocycles. The molecule has 0 radical (unpaired) electrons. The van der Waals surface area contributed by atoms with Crippen molar-refractivity contribution in [1.82, 2.24) is 0 Å². The first-order valence-corrected chi connectivity index (χ1v) is 20.1. The standard InChI is InChI=1S/C56H35NO2/c1-2-14-36(15-3-1)43-30-28-40(48-34-39-16-4-5-19-42(39)44-20-6-7-21-45(44)48)35-51(43)57(50-24-13-27-55-56(50)47-23-9-11-26-53(47)59-55)41-18-12-17-37(32-41)38-29-31-54-49(33-38)46-22-8-10-25-52(46)58-54/h1-35H. The summed E-state index contributed by atoms with van der Waals surface area (Å²) >= 11 is 0. The molecule has 12 rings (SSSR count). The molecule has 0 aliphatic carbocycles. The van der Waals surface area contributed by atoms with E-state index in [1.165, 1.54) is 27.1 Å². The minimum Gasteiger partial charge on any atom is -0.456 e. The molecule has 0 unspecified atom stereocenters. The molecule has 10 aromatic carbocycles. The number of nitrogens with zero attached hydrogens (tertiary/aromatic N) is 1. The lowest BCUT2D eigenvalue weighted by Gasteiger charge is -2.29. The lowest BCUT2D eigenvalue weighted by atomic mass is 9.91. The molecule has 0 amide bonds. The number of fused-ring (bicyclic) bond motifs is 9. The average molecular weight is 754 g/mol. The molecule has 3 heteroatoms. The third kappa shape index (κ3) is 5.44. The van der Waals surface area contributed by atoms with Crippen molar-refractivity contribution in [2.45, 2.75) is 0 Å². The SMILES string of the molecule is c1ccc(-c2ccc(-c3cc4ccccc4c4ccccc34)cc2N(c2cccc(-c3ccc4oc5ccccc5c4c3)c2)c2cccc3oc4ccccc4c23)cc1. The summed E-state index contributed by atoms with van der Waals surface area (Å²) in [6.45, 7) is 0. The number of benzene rings is 10. The van der Waals surface area contributed by atoms with Crippen LogP contribution in [0, 0.1) is 0 Å². The van der Waals surface area contributed by atoms with Crippen LogP contribution in [-0.4, -0.2) is 0 Å². The first-order chi connectivity index (χ1) is 29.2. The molecule has 3 nitrogen and oxygen atoms in total. The second kappa shape index (κ2) is 13.4. The summed E-state index contributed by atoms with van der Waals surface area (Å²) in [6, 6.07) is 76.0. The number of para-hydroxylation sites is 2. The highest BCUT2D eigenvalue weighted by Crippen LogP contribution is 2.48. The molecule has 0 aliphatic rings. The topological polar surface area (TPSA) is 29.5 Å². The van der Waals surface area contributed by atoms with Crippen molar-refractivity contribution in [2.24, 2.45) is 0 Å². The quantitative estimate of drug-likeness (QED) is 0.158. The maximum Gasteiger partial charge on any atom is 0.137 e. The highest BCUT2D eigenvalue weighted by atomic mass is 16.3. The van der Waals surface area contributed by atoms with Crippen LogP contribution in [0.5, 0.6) is 0 Å². The van der Waals surface area contributed by atoms with Gasteiger partial charge in [-0.2, -0.15) is 0 Å². The van der Waals surface area contributed by atoms with Crippen LogP contribution in [-0.2, 0) is 0 Å². The average Bonchev–Trinajstić information content (AvgIpc) is 3.88. The van der Waals surface area contributed by atoms with Crippen molar-refractivity contribution in [1.29, 1.82) is 0 Å². The Bertz CT molecular complexity index is 3580. The Kier molecular flexibility index (Phi) is 7.54. The zero-order chi connectivity index (χ0) is 38.9. The van der Waals surface area contributed by atoms with E-state index in [1.807, 2.05) is 18.2 Å². The van der Waals surface area contributed by atoms with Crippen molar-refractivity contribution in [3.8, 4) is 33.4 Å². The van der Waals surface area contributed by atoms with Crippen LogP contribution < -0.4 is 4.90 Å². The highest BCUT2D eigenvalue weighted by Gasteiger charge is 2.24. The van der Waals surface area contributed by atoms with Gasteiger partial charge in [0, 0.05) is 27.4 Å². The van der Waals surface area contributed by atoms with Crippen LogP contribution in [0.2, 0.25) is 0 Å². The van der Waals surface area contributed by atoms with E-state index in [9.17, 15) is 0 Å². The number of furan rings is 2. The zero-order valence-electron chi connectivity index (χ0n) is 32.0. The Hall–Kier alpha value is -7.88. The molecule has 0 N–H and O–H groups in total. The smallest absolute Gasteiger partial charge is 0.137 e. The van der Waals surface area contributed by atoms with E-state index in [-0.39, 0.29) is 0 Å². The number of hydrogen-bond donors (Lipinski definition) is 0. The Labute approximate surface area is 340 Å². The van der Waals surface area contributed by atoms with Gasteiger partial charge in [0.1, 0.15) is 22.3 Å². The second-order valence-electron chi connectivity index (χ2n) is 15.2. The molecule has 0 atom stereocenters. The van der Waals surface area contributed by atoms with Gasteiger partial charge in [-0.3, -0.25) is 0 Å². The van der Waals surface area contributed by atoms with Gasteiger partial charge in [0.15, 0.2) is 0 Å². The summed E-state index contributed by atoms with van der Waals surface area (Å²) in [5.74, 6) is 0. The molecule has 2 aromatic heterocycles. The maximum atomic E-state index is 6.54. The van der Waals surface area contributed by atoms with Crippen LogP contribution in [0.15, 0.2) is 221 Å². The molecule has 0 bridgehead atoms. The lowest BCUT2D eigenvalue weighted by molar-refractivity contribution is 0.668. The van der Waals surface area contributed by atoms with Gasteiger partial charge in [-0.15, -0.1) is 0 Å². The van der Waals surface area contributed by atoms with E-state index in [0.717, 1.165) is 88.8 Å². The summed E-state index contributed by atoms with van der Waals surface area (Å²) in [6.07, 6.45) is 0. The Morgan fingerprint density at radius 3 is 1.76 bits per heavy atom. The molecule has 2 heterocycles. The third-order valence-electron chi connectivity index (χ3n) is 11.8. The van der Waals surface area contributed by atoms with Crippen LogP contribution >= 0.6 is 0 Å². The summed E-state index contributed by atoms with van der Waals surface area (Å²) in [5.41, 5.74) is 13.5. The van der Waals surface area contributed by atoms with E-state index < -0.39 is 0 Å². The first kappa shape index (κ1) is 33.3. The Morgan fingerprint density at radius 2 is 0.898 bits per heavy atom. The molecule has 0 saturated carbocycles. The Morgan fingerprint density at radius 1 is 0.288 bits per heavy atom. The van der Waals surface area contributed by atoms with Crippen LogP contribution in [0.1, 0.15) is 0 Å². The van der Waals surface area contributed by atoms with Gasteiger partial charge in [0.25, 0.3) is 0 Å². The summed E-state index contributed by atoms with van der Waals surface area (Å²) < 4.78 is 12.8. The number of hydrogen-bond acceptors (Lipinski definition) is 3. The highest BCUT2D eigenvalue weighted by molar-refractivity contribution is 6.16. The van der Waals surface area contributed by atoms with E-state index in [4.69, 9.17) is 8.83 Å².